The average molecular weight is 360 g/mol. The van der Waals surface area contributed by atoms with Crippen LogP contribution in [0.25, 0.3) is 0 Å². The highest BCUT2D eigenvalue weighted by atomic mass is 32.1. The molecule has 1 aromatic carbocycles. The van der Waals surface area contributed by atoms with Gasteiger partial charge in [0, 0.05) is 10.9 Å². The van der Waals surface area contributed by atoms with Gasteiger partial charge in [-0.05, 0) is 49.4 Å². The zero-order valence-corrected chi connectivity index (χ0v) is 14.9. The number of thiophene rings is 1. The maximum Gasteiger partial charge on any atom is 0.239 e. The van der Waals surface area contributed by atoms with Crippen LogP contribution in [-0.4, -0.2) is 6.21 Å². The van der Waals surface area contributed by atoms with Gasteiger partial charge in [-0.3, -0.25) is 0 Å². The smallest absolute Gasteiger partial charge is 0.239 e. The molecule has 2 heterocycles. The molecule has 2 aromatic heterocycles. The zero-order valence-electron chi connectivity index (χ0n) is 14.1. The number of rotatable bonds is 4. The highest BCUT2D eigenvalue weighted by molar-refractivity contribution is 7.16. The second kappa shape index (κ2) is 7.46. The predicted octanol–water partition coefficient (Wildman–Crippen LogP) is 6.26. The van der Waals surface area contributed by atoms with E-state index in [1.165, 1.54) is 16.9 Å². The molecule has 0 unspecified atom stereocenters. The predicted molar refractivity (Wildman–Crippen MR) is 102 cm³/mol. The molecule has 6 heteroatoms. The molecule has 4 rings (SSSR count). The van der Waals surface area contributed by atoms with Crippen molar-refractivity contribution in [1.29, 1.82) is 5.26 Å². The van der Waals surface area contributed by atoms with Gasteiger partial charge in [0.15, 0.2) is 0 Å². The van der Waals surface area contributed by atoms with Gasteiger partial charge in [0.25, 0.3) is 0 Å². The van der Waals surface area contributed by atoms with Crippen LogP contribution in [0.3, 0.4) is 0 Å². The lowest BCUT2D eigenvalue weighted by Crippen LogP contribution is -1.99. The van der Waals surface area contributed by atoms with E-state index in [4.69, 9.17) is 4.42 Å². The van der Waals surface area contributed by atoms with Gasteiger partial charge in [0.1, 0.15) is 16.8 Å². The monoisotopic (exact) mass is 360 g/mol. The summed E-state index contributed by atoms with van der Waals surface area (Å²) in [5.41, 5.74) is 2.67. The van der Waals surface area contributed by atoms with Gasteiger partial charge in [-0.1, -0.05) is 18.2 Å². The Morgan fingerprint density at radius 1 is 1.04 bits per heavy atom. The highest BCUT2D eigenvalue weighted by Crippen LogP contribution is 2.39. The SMILES string of the molecule is N#Cc1c(N=Cc2ccc(N=Nc3ccccc3)o2)sc2c1CCCC2. The van der Waals surface area contributed by atoms with Crippen molar-refractivity contribution in [3.8, 4) is 6.07 Å². The lowest BCUT2D eigenvalue weighted by Gasteiger charge is -2.09. The molecule has 0 aliphatic heterocycles. The maximum atomic E-state index is 9.47. The molecule has 0 atom stereocenters. The van der Waals surface area contributed by atoms with E-state index in [2.05, 4.69) is 21.3 Å². The van der Waals surface area contributed by atoms with Gasteiger partial charge in [-0.15, -0.1) is 21.6 Å². The third-order valence-corrected chi connectivity index (χ3v) is 5.41. The number of benzene rings is 1. The van der Waals surface area contributed by atoms with Crippen molar-refractivity contribution in [1.82, 2.24) is 0 Å². The number of fused-ring (bicyclic) bond motifs is 1. The third-order valence-electron chi connectivity index (χ3n) is 4.21. The second-order valence-corrected chi connectivity index (χ2v) is 7.06. The summed E-state index contributed by atoms with van der Waals surface area (Å²) >= 11 is 1.62. The second-order valence-electron chi connectivity index (χ2n) is 5.97. The summed E-state index contributed by atoms with van der Waals surface area (Å²) in [5, 5.41) is 18.5. The molecular formula is C20H16N4OS. The number of furan rings is 1. The first-order chi connectivity index (χ1) is 12.8. The lowest BCUT2D eigenvalue weighted by molar-refractivity contribution is 0.566. The highest BCUT2D eigenvalue weighted by Gasteiger charge is 2.20. The molecule has 0 saturated heterocycles. The molecule has 0 amide bonds. The quantitative estimate of drug-likeness (QED) is 0.407. The van der Waals surface area contributed by atoms with Crippen LogP contribution < -0.4 is 0 Å². The fourth-order valence-corrected chi connectivity index (χ4v) is 4.13. The summed E-state index contributed by atoms with van der Waals surface area (Å²) in [4.78, 5) is 5.79. The summed E-state index contributed by atoms with van der Waals surface area (Å²) in [5.74, 6) is 1.00. The minimum atomic E-state index is 0.418. The zero-order chi connectivity index (χ0) is 17.8. The number of aliphatic imine (C=N–C) groups is 1. The molecule has 0 fully saturated rings. The van der Waals surface area contributed by atoms with Crippen molar-refractivity contribution < 1.29 is 4.42 Å². The molecule has 1 aliphatic carbocycles. The van der Waals surface area contributed by atoms with Crippen LogP contribution in [-0.2, 0) is 12.8 Å². The van der Waals surface area contributed by atoms with Crippen molar-refractivity contribution >= 4 is 34.1 Å². The van der Waals surface area contributed by atoms with Gasteiger partial charge >= 0.3 is 0 Å². The van der Waals surface area contributed by atoms with Crippen LogP contribution in [0.1, 0.15) is 34.6 Å². The van der Waals surface area contributed by atoms with Gasteiger partial charge in [-0.25, -0.2) is 4.99 Å². The Hall–Kier alpha value is -3.04. The van der Waals surface area contributed by atoms with E-state index in [0.29, 0.717) is 11.6 Å². The Morgan fingerprint density at radius 2 is 1.88 bits per heavy atom. The molecule has 3 aromatic rings. The summed E-state index contributed by atoms with van der Waals surface area (Å²) in [7, 11) is 0. The number of nitriles is 1. The number of nitrogens with zero attached hydrogens (tertiary/aromatic N) is 4. The van der Waals surface area contributed by atoms with E-state index in [1.807, 2.05) is 30.3 Å². The molecule has 1 aliphatic rings. The van der Waals surface area contributed by atoms with Crippen LogP contribution in [0.5, 0.6) is 0 Å². The molecule has 0 saturated carbocycles. The molecular weight excluding hydrogens is 344 g/mol. The topological polar surface area (TPSA) is 74.0 Å². The molecule has 0 N–H and O–H groups in total. The third kappa shape index (κ3) is 3.48. The minimum absolute atomic E-state index is 0.418. The number of hydrogen-bond acceptors (Lipinski definition) is 6. The molecule has 128 valence electrons. The summed E-state index contributed by atoms with van der Waals surface area (Å²) < 4.78 is 5.61. The molecule has 0 spiro atoms. The fraction of sp³-hybridized carbons (Fsp3) is 0.200. The van der Waals surface area contributed by atoms with Crippen molar-refractivity contribution in [3.05, 3.63) is 64.2 Å². The van der Waals surface area contributed by atoms with Crippen molar-refractivity contribution in [2.45, 2.75) is 25.7 Å². The summed E-state index contributed by atoms with van der Waals surface area (Å²) in [6.07, 6.45) is 6.01. The maximum absolute atomic E-state index is 9.47. The van der Waals surface area contributed by atoms with Gasteiger partial charge < -0.3 is 4.42 Å². The Kier molecular flexibility index (Phi) is 4.71. The number of hydrogen-bond donors (Lipinski definition) is 0. The molecule has 5 nitrogen and oxygen atoms in total. The van der Waals surface area contributed by atoms with E-state index < -0.39 is 0 Å². The fourth-order valence-electron chi connectivity index (χ4n) is 2.95. The van der Waals surface area contributed by atoms with Crippen LogP contribution in [0.15, 0.2) is 62.1 Å². The van der Waals surface area contributed by atoms with E-state index in [9.17, 15) is 5.26 Å². The first-order valence-electron chi connectivity index (χ1n) is 8.49. The largest absolute Gasteiger partial charge is 0.436 e. The van der Waals surface area contributed by atoms with E-state index >= 15 is 0 Å². The van der Waals surface area contributed by atoms with Crippen LogP contribution in [0.2, 0.25) is 0 Å². The Morgan fingerprint density at radius 3 is 2.73 bits per heavy atom. The normalized spacial score (nSPS) is 14.0. The lowest BCUT2D eigenvalue weighted by atomic mass is 9.96. The van der Waals surface area contributed by atoms with Gasteiger partial charge in [0.05, 0.1) is 17.5 Å². The number of aryl methyl sites for hydroxylation is 1. The Labute approximate surface area is 155 Å². The van der Waals surface area contributed by atoms with Crippen molar-refractivity contribution in [2.75, 3.05) is 0 Å². The number of azo groups is 1. The van der Waals surface area contributed by atoms with Crippen LogP contribution in [0.4, 0.5) is 16.6 Å². The first-order valence-corrected chi connectivity index (χ1v) is 9.30. The summed E-state index contributed by atoms with van der Waals surface area (Å²) in [6, 6.07) is 15.3. The van der Waals surface area contributed by atoms with E-state index in [0.717, 1.165) is 35.5 Å². The molecule has 26 heavy (non-hydrogen) atoms. The Balaban J connectivity index is 1.52. The standard InChI is InChI=1S/C20H16N4OS/c21-12-17-16-8-4-5-9-18(16)26-20(17)22-13-15-10-11-19(25-15)24-23-14-6-2-1-3-7-14/h1-3,6-7,10-11,13H,4-5,8-9H2. The van der Waals surface area contributed by atoms with E-state index in [1.54, 1.807) is 29.7 Å². The van der Waals surface area contributed by atoms with Crippen molar-refractivity contribution in [3.63, 3.8) is 0 Å². The minimum Gasteiger partial charge on any atom is -0.436 e. The van der Waals surface area contributed by atoms with Crippen LogP contribution in [0, 0.1) is 11.3 Å². The van der Waals surface area contributed by atoms with Crippen molar-refractivity contribution in [2.24, 2.45) is 15.2 Å². The van der Waals surface area contributed by atoms with Crippen LogP contribution >= 0.6 is 11.3 Å². The Bertz CT molecular complexity index is 1010. The van der Waals surface area contributed by atoms with Gasteiger partial charge in [-0.2, -0.15) is 5.26 Å². The summed E-state index contributed by atoms with van der Waals surface area (Å²) in [6.45, 7) is 0. The molecule has 0 radical (unpaired) electrons. The molecule has 0 bridgehead atoms. The van der Waals surface area contributed by atoms with Gasteiger partial charge in [0.2, 0.25) is 5.88 Å². The van der Waals surface area contributed by atoms with E-state index in [-0.39, 0.29) is 0 Å². The average Bonchev–Trinajstić information content (AvgIpc) is 3.29. The first kappa shape index (κ1) is 16.4.